The van der Waals surface area contributed by atoms with Crippen LogP contribution in [0.3, 0.4) is 0 Å². The summed E-state index contributed by atoms with van der Waals surface area (Å²) in [5, 5.41) is -0.143. The smallest absolute Gasteiger partial charge is 0.382 e. The van der Waals surface area contributed by atoms with Crippen molar-refractivity contribution in [3.8, 4) is 0 Å². The molecule has 0 bridgehead atoms. The molecule has 180 valence electrons. The SMILES string of the molecule is CC1(Cl)CC(COP(=O)(O)OP(=O)(O)OP(=O)(O)O)OC1n1cnc2c(N)nc(Cl)nc21. The largest absolute Gasteiger partial charge is 0.490 e. The van der Waals surface area contributed by atoms with Gasteiger partial charge in [-0.25, -0.2) is 18.7 Å². The lowest BCUT2D eigenvalue weighted by Crippen LogP contribution is -2.26. The third-order valence-corrected chi connectivity index (χ3v) is 8.29. The van der Waals surface area contributed by atoms with Crippen molar-refractivity contribution in [1.29, 1.82) is 0 Å². The summed E-state index contributed by atoms with van der Waals surface area (Å²) < 4.78 is 53.0. The average molecular weight is 558 g/mol. The summed E-state index contributed by atoms with van der Waals surface area (Å²) >= 11 is 12.4. The molecule has 16 nitrogen and oxygen atoms in total. The number of phosphoric ester groups is 1. The Hall–Kier alpha value is -0.700. The van der Waals surface area contributed by atoms with E-state index in [1.807, 2.05) is 0 Å². The summed E-state index contributed by atoms with van der Waals surface area (Å²) in [5.41, 5.74) is 6.22. The lowest BCUT2D eigenvalue weighted by molar-refractivity contribution is -0.0260. The number of aromatic nitrogens is 4. The molecule has 0 saturated carbocycles. The zero-order chi connectivity index (χ0) is 24.1. The van der Waals surface area contributed by atoms with Crippen molar-refractivity contribution in [3.63, 3.8) is 0 Å². The van der Waals surface area contributed by atoms with E-state index < -0.39 is 47.3 Å². The minimum atomic E-state index is -5.63. The van der Waals surface area contributed by atoms with E-state index in [0.717, 1.165) is 0 Å². The number of hydrogen-bond acceptors (Lipinski definition) is 11. The fourth-order valence-corrected chi connectivity index (χ4v) is 6.48. The molecule has 0 aliphatic carbocycles. The number of phosphoric acid groups is 3. The van der Waals surface area contributed by atoms with Gasteiger partial charge in [-0.05, 0) is 24.9 Å². The number of nitrogen functional groups attached to an aromatic ring is 1. The quantitative estimate of drug-likeness (QED) is 0.176. The number of anilines is 1. The van der Waals surface area contributed by atoms with Crippen LogP contribution in [0.25, 0.3) is 11.2 Å². The van der Waals surface area contributed by atoms with Crippen LogP contribution in [-0.2, 0) is 31.6 Å². The van der Waals surface area contributed by atoms with Gasteiger partial charge in [0.05, 0.1) is 23.9 Å². The first-order valence-corrected chi connectivity index (χ1v) is 13.5. The molecule has 1 aliphatic rings. The van der Waals surface area contributed by atoms with Crippen molar-refractivity contribution in [3.05, 3.63) is 11.6 Å². The molecule has 21 heteroatoms. The minimum Gasteiger partial charge on any atom is -0.382 e. The van der Waals surface area contributed by atoms with Crippen LogP contribution in [0, 0.1) is 0 Å². The number of nitrogens with two attached hydrogens (primary N) is 1. The molecule has 0 aromatic carbocycles. The monoisotopic (exact) mass is 557 g/mol. The highest BCUT2D eigenvalue weighted by atomic mass is 35.5. The highest BCUT2D eigenvalue weighted by molar-refractivity contribution is 7.66. The van der Waals surface area contributed by atoms with Crippen molar-refractivity contribution in [1.82, 2.24) is 19.5 Å². The Balaban J connectivity index is 1.72. The summed E-state index contributed by atoms with van der Waals surface area (Å²) in [6.45, 7) is 0.940. The predicted molar refractivity (Wildman–Crippen MR) is 107 cm³/mol. The van der Waals surface area contributed by atoms with Gasteiger partial charge in [0, 0.05) is 0 Å². The van der Waals surface area contributed by atoms with Gasteiger partial charge in [-0.15, -0.1) is 11.6 Å². The Morgan fingerprint density at radius 1 is 1.25 bits per heavy atom. The van der Waals surface area contributed by atoms with Gasteiger partial charge < -0.3 is 30.0 Å². The van der Waals surface area contributed by atoms with Crippen LogP contribution in [0.5, 0.6) is 0 Å². The van der Waals surface area contributed by atoms with Gasteiger partial charge in [0.15, 0.2) is 17.7 Å². The molecule has 32 heavy (non-hydrogen) atoms. The Morgan fingerprint density at radius 2 is 1.91 bits per heavy atom. The summed E-state index contributed by atoms with van der Waals surface area (Å²) in [4.78, 5) is 46.7. The normalized spacial score (nSPS) is 28.0. The second-order valence-electron chi connectivity index (χ2n) is 6.68. The molecule has 1 fully saturated rings. The molecule has 2 aromatic heterocycles. The number of ether oxygens (including phenoxy) is 1. The van der Waals surface area contributed by atoms with Gasteiger partial charge in [0.25, 0.3) is 0 Å². The summed E-state index contributed by atoms with van der Waals surface area (Å²) in [5.74, 6) is 0.0252. The van der Waals surface area contributed by atoms with Crippen LogP contribution in [0.4, 0.5) is 5.82 Å². The molecule has 1 aliphatic heterocycles. The molecule has 0 spiro atoms. The van der Waals surface area contributed by atoms with Gasteiger partial charge in [-0.1, -0.05) is 0 Å². The van der Waals surface area contributed by atoms with Crippen molar-refractivity contribution < 1.29 is 51.2 Å². The first-order valence-electron chi connectivity index (χ1n) is 8.26. The molecule has 0 radical (unpaired) electrons. The van der Waals surface area contributed by atoms with Crippen LogP contribution in [-0.4, -0.2) is 56.7 Å². The number of fused-ring (bicyclic) bond motifs is 1. The fourth-order valence-electron chi connectivity index (χ4n) is 2.94. The molecular weight excluding hydrogens is 542 g/mol. The molecule has 3 rings (SSSR count). The second kappa shape index (κ2) is 8.82. The van der Waals surface area contributed by atoms with Gasteiger partial charge in [-0.2, -0.15) is 18.6 Å². The summed E-state index contributed by atoms with van der Waals surface area (Å²) in [6.07, 6.45) is -0.459. The van der Waals surface area contributed by atoms with E-state index >= 15 is 0 Å². The third kappa shape index (κ3) is 6.24. The Labute approximate surface area is 189 Å². The Morgan fingerprint density at radius 3 is 2.53 bits per heavy atom. The van der Waals surface area contributed by atoms with Crippen LogP contribution >= 0.6 is 46.7 Å². The van der Waals surface area contributed by atoms with E-state index in [4.69, 9.17) is 43.5 Å². The maximum atomic E-state index is 11.9. The Kier molecular flexibility index (Phi) is 7.14. The molecule has 1 saturated heterocycles. The zero-order valence-electron chi connectivity index (χ0n) is 15.8. The van der Waals surface area contributed by atoms with Gasteiger partial charge in [0.1, 0.15) is 5.52 Å². The highest BCUT2D eigenvalue weighted by Gasteiger charge is 2.47. The second-order valence-corrected chi connectivity index (χ2v) is 12.3. The number of alkyl halides is 1. The number of imidazole rings is 1. The zero-order valence-corrected chi connectivity index (χ0v) is 20.0. The van der Waals surface area contributed by atoms with E-state index in [0.29, 0.717) is 0 Å². The lowest BCUT2D eigenvalue weighted by Gasteiger charge is -2.24. The van der Waals surface area contributed by atoms with Crippen molar-refractivity contribution in [2.75, 3.05) is 12.3 Å². The maximum absolute atomic E-state index is 11.9. The van der Waals surface area contributed by atoms with Gasteiger partial charge in [-0.3, -0.25) is 9.09 Å². The van der Waals surface area contributed by atoms with Crippen molar-refractivity contribution in [2.24, 2.45) is 0 Å². The van der Waals surface area contributed by atoms with Crippen molar-refractivity contribution >= 4 is 63.7 Å². The molecule has 5 unspecified atom stereocenters. The number of halogens is 2. The topological polar surface area (TPSA) is 239 Å². The first kappa shape index (κ1) is 25.9. The number of rotatable bonds is 8. The van der Waals surface area contributed by atoms with E-state index in [1.54, 1.807) is 6.92 Å². The van der Waals surface area contributed by atoms with Crippen LogP contribution in [0.1, 0.15) is 19.6 Å². The van der Waals surface area contributed by atoms with E-state index in [-0.39, 0.29) is 28.7 Å². The van der Waals surface area contributed by atoms with Crippen LogP contribution in [0.15, 0.2) is 6.33 Å². The van der Waals surface area contributed by atoms with E-state index in [9.17, 15) is 23.5 Å². The standard InChI is InChI=1S/C11H16Cl2N5O11P3/c1-11(13)2-5(3-26-31(22,23)29-32(24,25)28-30(19,20)21)27-9(11)18-4-15-6-7(14)16-10(12)17-8(6)18/h4-5,9H,2-3H2,1H3,(H,22,23)(H,24,25)(H2,14,16,17)(H2,19,20,21). The fraction of sp³-hybridized carbons (Fsp3) is 0.545. The van der Waals surface area contributed by atoms with E-state index in [2.05, 4.69) is 28.1 Å². The first-order chi connectivity index (χ1) is 14.5. The lowest BCUT2D eigenvalue weighted by atomic mass is 10.1. The van der Waals surface area contributed by atoms with Crippen LogP contribution < -0.4 is 5.73 Å². The summed E-state index contributed by atoms with van der Waals surface area (Å²) in [7, 11) is -16.4. The third-order valence-electron chi connectivity index (χ3n) is 3.98. The van der Waals surface area contributed by atoms with Gasteiger partial charge >= 0.3 is 23.5 Å². The number of hydrogen-bond donors (Lipinski definition) is 5. The highest BCUT2D eigenvalue weighted by Crippen LogP contribution is 2.66. The maximum Gasteiger partial charge on any atom is 0.490 e. The molecular formula is C11H16Cl2N5O11P3. The minimum absolute atomic E-state index is 0.0252. The number of nitrogens with zero attached hydrogens (tertiary/aromatic N) is 4. The average Bonchev–Trinajstić information content (AvgIpc) is 3.09. The molecule has 5 atom stereocenters. The van der Waals surface area contributed by atoms with Crippen LogP contribution in [0.2, 0.25) is 5.28 Å². The predicted octanol–water partition coefficient (Wildman–Crippen LogP) is 1.69. The molecule has 3 heterocycles. The van der Waals surface area contributed by atoms with Gasteiger partial charge in [0.2, 0.25) is 5.28 Å². The van der Waals surface area contributed by atoms with Crippen molar-refractivity contribution in [2.45, 2.75) is 30.6 Å². The molecule has 0 amide bonds. The van der Waals surface area contributed by atoms with E-state index in [1.165, 1.54) is 10.9 Å². The molecule has 6 N–H and O–H groups in total. The Bertz CT molecular complexity index is 1170. The molecule has 2 aromatic rings. The summed E-state index contributed by atoms with van der Waals surface area (Å²) in [6, 6.07) is 0.